The number of amides is 1. The zero-order valence-corrected chi connectivity index (χ0v) is 26.4. The van der Waals surface area contributed by atoms with Crippen LogP contribution in [-0.4, -0.2) is 31.5 Å². The van der Waals surface area contributed by atoms with Crippen molar-refractivity contribution in [1.29, 1.82) is 0 Å². The third-order valence-corrected chi connectivity index (χ3v) is 9.75. The maximum absolute atomic E-state index is 14.6. The fraction of sp³-hybridized carbons (Fsp3) is 0.114. The molecule has 0 radical (unpaired) electrons. The molecule has 0 spiro atoms. The summed E-state index contributed by atoms with van der Waals surface area (Å²) in [4.78, 5) is 15.9. The molecular weight excluding hydrogens is 634 g/mol. The molecule has 1 N–H and O–H groups in total. The molecule has 5 aromatic rings. The number of carbonyl (C=O) groups is 1. The van der Waals surface area contributed by atoms with Gasteiger partial charge in [0.15, 0.2) is 0 Å². The van der Waals surface area contributed by atoms with Gasteiger partial charge >= 0.3 is 0 Å². The third-order valence-electron chi connectivity index (χ3n) is 7.05. The molecule has 10 heteroatoms. The van der Waals surface area contributed by atoms with Crippen molar-refractivity contribution >= 4 is 39.3 Å². The summed E-state index contributed by atoms with van der Waals surface area (Å²) in [6, 6.07) is 33.1. The molecule has 1 amide bonds. The molecule has 5 aromatic carbocycles. The summed E-state index contributed by atoms with van der Waals surface area (Å²) in [5.74, 6) is -0.755. The first-order valence-corrected chi connectivity index (χ1v) is 16.9. The van der Waals surface area contributed by atoms with Crippen molar-refractivity contribution in [1.82, 2.24) is 9.62 Å². The van der Waals surface area contributed by atoms with Crippen LogP contribution in [0.1, 0.15) is 21.5 Å². The van der Waals surface area contributed by atoms with Crippen LogP contribution < -0.4 is 4.72 Å². The van der Waals surface area contributed by atoms with Gasteiger partial charge in [-0.15, -0.1) is 11.8 Å². The van der Waals surface area contributed by atoms with Crippen LogP contribution in [0, 0.1) is 11.6 Å². The van der Waals surface area contributed by atoms with E-state index in [2.05, 4.69) is 9.62 Å². The van der Waals surface area contributed by atoms with Gasteiger partial charge in [0.25, 0.3) is 15.9 Å². The highest BCUT2D eigenvalue weighted by Gasteiger charge is 2.20. The van der Waals surface area contributed by atoms with E-state index < -0.39 is 15.9 Å². The molecule has 0 atom stereocenters. The number of nitrogens with zero attached hydrogens (tertiary/aromatic N) is 1. The fourth-order valence-corrected chi connectivity index (χ4v) is 6.79. The molecule has 230 valence electrons. The highest BCUT2D eigenvalue weighted by Crippen LogP contribution is 2.24. The Morgan fingerprint density at radius 2 is 1.40 bits per heavy atom. The minimum absolute atomic E-state index is 0.0640. The van der Waals surface area contributed by atoms with Gasteiger partial charge in [-0.25, -0.2) is 21.9 Å². The first-order valence-electron chi connectivity index (χ1n) is 14.0. The molecule has 0 aliphatic heterocycles. The minimum Gasteiger partial charge on any atom is -0.294 e. The fourth-order valence-electron chi connectivity index (χ4n) is 4.66. The summed E-state index contributed by atoms with van der Waals surface area (Å²) in [5, 5.41) is 0.345. The van der Waals surface area contributed by atoms with Crippen LogP contribution in [-0.2, 0) is 23.1 Å². The van der Waals surface area contributed by atoms with Gasteiger partial charge in [0, 0.05) is 46.4 Å². The van der Waals surface area contributed by atoms with Gasteiger partial charge < -0.3 is 0 Å². The molecule has 5 nitrogen and oxygen atoms in total. The predicted octanol–water partition coefficient (Wildman–Crippen LogP) is 8.20. The van der Waals surface area contributed by atoms with Crippen LogP contribution >= 0.6 is 23.4 Å². The summed E-state index contributed by atoms with van der Waals surface area (Å²) in [5.41, 5.74) is 2.90. The van der Waals surface area contributed by atoms with Crippen LogP contribution in [0.15, 0.2) is 131 Å². The second kappa shape index (κ2) is 14.8. The van der Waals surface area contributed by atoms with Gasteiger partial charge in [-0.2, -0.15) is 0 Å². The molecule has 45 heavy (non-hydrogen) atoms. The van der Waals surface area contributed by atoms with Gasteiger partial charge in [0.1, 0.15) is 11.6 Å². The average Bonchev–Trinajstić information content (AvgIpc) is 3.04. The average molecular weight is 663 g/mol. The standard InChI is InChI=1S/C35H29ClF2N2O3S2/c36-33-7-4-8-34(38)32(33)24-40(21-22-44-30-5-2-1-3-6-30)23-25-9-19-31(20-10-25)45(42,43)39-35(41)28-13-11-26(12-14-28)27-15-17-29(37)18-16-27/h1-20H,21-24H2,(H,39,41). The predicted molar refractivity (Wildman–Crippen MR) is 176 cm³/mol. The quantitative estimate of drug-likeness (QED) is 0.137. The Kier molecular flexibility index (Phi) is 10.7. The molecule has 5 rings (SSSR count). The molecule has 0 saturated heterocycles. The number of hydrogen-bond donors (Lipinski definition) is 1. The molecule has 0 aromatic heterocycles. The zero-order chi connectivity index (χ0) is 31.8. The number of nitrogens with one attached hydrogen (secondary N) is 1. The van der Waals surface area contributed by atoms with Crippen molar-refractivity contribution in [2.24, 2.45) is 0 Å². The lowest BCUT2D eigenvalue weighted by Gasteiger charge is -2.23. The Hall–Kier alpha value is -4.02. The van der Waals surface area contributed by atoms with Gasteiger partial charge in [0.2, 0.25) is 0 Å². The van der Waals surface area contributed by atoms with Crippen LogP contribution in [0.25, 0.3) is 11.1 Å². The van der Waals surface area contributed by atoms with Crippen LogP contribution in [0.3, 0.4) is 0 Å². The Morgan fingerprint density at radius 1 is 0.756 bits per heavy atom. The number of carbonyl (C=O) groups excluding carboxylic acids is 1. The van der Waals surface area contributed by atoms with Crippen LogP contribution in [0.4, 0.5) is 8.78 Å². The minimum atomic E-state index is -4.15. The zero-order valence-electron chi connectivity index (χ0n) is 24.0. The molecule has 0 aliphatic carbocycles. The highest BCUT2D eigenvalue weighted by molar-refractivity contribution is 7.99. The summed E-state index contributed by atoms with van der Waals surface area (Å²) >= 11 is 8.00. The van der Waals surface area contributed by atoms with E-state index in [1.165, 1.54) is 42.5 Å². The number of sulfonamides is 1. The van der Waals surface area contributed by atoms with Crippen molar-refractivity contribution in [2.45, 2.75) is 22.9 Å². The molecular formula is C35H29ClF2N2O3S2. The molecule has 0 saturated carbocycles. The van der Waals surface area contributed by atoms with Gasteiger partial charge in [-0.1, -0.05) is 72.3 Å². The largest absolute Gasteiger partial charge is 0.294 e. The lowest BCUT2D eigenvalue weighted by molar-refractivity contribution is 0.0981. The summed E-state index contributed by atoms with van der Waals surface area (Å²) in [7, 11) is -4.15. The number of halogens is 3. The summed E-state index contributed by atoms with van der Waals surface area (Å²) in [6.45, 7) is 1.32. The number of hydrogen-bond acceptors (Lipinski definition) is 5. The maximum atomic E-state index is 14.6. The summed E-state index contributed by atoms with van der Waals surface area (Å²) < 4.78 is 56.0. The van der Waals surface area contributed by atoms with Crippen LogP contribution in [0.2, 0.25) is 5.02 Å². The lowest BCUT2D eigenvalue weighted by atomic mass is 10.0. The van der Waals surface area contributed by atoms with Crippen molar-refractivity contribution in [3.63, 3.8) is 0 Å². The van der Waals surface area contributed by atoms with Crippen molar-refractivity contribution in [2.75, 3.05) is 12.3 Å². The highest BCUT2D eigenvalue weighted by atomic mass is 35.5. The van der Waals surface area contributed by atoms with E-state index in [4.69, 9.17) is 11.6 Å². The van der Waals surface area contributed by atoms with E-state index in [1.807, 2.05) is 30.3 Å². The topological polar surface area (TPSA) is 66.5 Å². The Balaban J connectivity index is 1.25. The van der Waals surface area contributed by atoms with E-state index in [0.717, 1.165) is 27.3 Å². The van der Waals surface area contributed by atoms with E-state index in [1.54, 1.807) is 60.3 Å². The number of benzene rings is 5. The smallest absolute Gasteiger partial charge is 0.264 e. The molecule has 0 bridgehead atoms. The Morgan fingerprint density at radius 3 is 2.04 bits per heavy atom. The van der Waals surface area contributed by atoms with Crippen molar-refractivity contribution in [3.8, 4) is 11.1 Å². The number of rotatable bonds is 12. The molecule has 0 heterocycles. The SMILES string of the molecule is O=C(NS(=O)(=O)c1ccc(CN(CCSc2ccccc2)Cc2c(F)cccc2Cl)cc1)c1ccc(-c2ccc(F)cc2)cc1. The normalized spacial score (nSPS) is 11.5. The second-order valence-corrected chi connectivity index (χ2v) is 13.5. The number of thioether (sulfide) groups is 1. The summed E-state index contributed by atoms with van der Waals surface area (Å²) in [6.07, 6.45) is 0. The Bertz CT molecular complexity index is 1830. The maximum Gasteiger partial charge on any atom is 0.264 e. The van der Waals surface area contributed by atoms with E-state index >= 15 is 0 Å². The van der Waals surface area contributed by atoms with Crippen molar-refractivity contribution in [3.05, 3.63) is 155 Å². The van der Waals surface area contributed by atoms with E-state index in [-0.39, 0.29) is 28.6 Å². The van der Waals surface area contributed by atoms with E-state index in [0.29, 0.717) is 23.7 Å². The van der Waals surface area contributed by atoms with Crippen LogP contribution in [0.5, 0.6) is 0 Å². The van der Waals surface area contributed by atoms with E-state index in [9.17, 15) is 22.0 Å². The lowest BCUT2D eigenvalue weighted by Crippen LogP contribution is -2.30. The third kappa shape index (κ3) is 8.79. The first kappa shape index (κ1) is 32.4. The second-order valence-electron chi connectivity index (χ2n) is 10.2. The molecule has 0 fully saturated rings. The monoisotopic (exact) mass is 662 g/mol. The van der Waals surface area contributed by atoms with Gasteiger partial charge in [-0.05, 0) is 77.4 Å². The first-order chi connectivity index (χ1) is 21.7. The Labute approximate surface area is 270 Å². The van der Waals surface area contributed by atoms with Gasteiger partial charge in [0.05, 0.1) is 4.90 Å². The molecule has 0 unspecified atom stereocenters. The molecule has 0 aliphatic rings. The van der Waals surface area contributed by atoms with Gasteiger partial charge in [-0.3, -0.25) is 9.69 Å². The van der Waals surface area contributed by atoms with Crippen molar-refractivity contribution < 1.29 is 22.0 Å².